The first kappa shape index (κ1) is 20.3. The molecule has 0 saturated heterocycles. The average Bonchev–Trinajstić information content (AvgIpc) is 3.71. The molecule has 2 saturated carbocycles. The molecule has 3 aromatic rings. The van der Waals surface area contributed by atoms with Crippen LogP contribution in [0.1, 0.15) is 76.5 Å². The Morgan fingerprint density at radius 3 is 2.69 bits per heavy atom. The lowest BCUT2D eigenvalue weighted by Gasteiger charge is -2.22. The third kappa shape index (κ3) is 4.19. The minimum atomic E-state index is 0.246. The molecule has 2 aromatic heterocycles. The molecule has 1 atom stereocenters. The number of nitrogens with zero attached hydrogens (tertiary/aromatic N) is 1. The lowest BCUT2D eigenvalue weighted by Crippen LogP contribution is -2.18. The van der Waals surface area contributed by atoms with Gasteiger partial charge in [0.2, 0.25) is 0 Å². The van der Waals surface area contributed by atoms with Crippen molar-refractivity contribution in [3.63, 3.8) is 0 Å². The molecule has 3 aliphatic rings. The number of aryl methyl sites for hydroxylation is 1. The van der Waals surface area contributed by atoms with Crippen LogP contribution in [0, 0.1) is 17.8 Å². The van der Waals surface area contributed by atoms with E-state index in [2.05, 4.69) is 4.98 Å². The van der Waals surface area contributed by atoms with E-state index in [1.165, 1.54) is 23.3 Å². The van der Waals surface area contributed by atoms with E-state index < -0.39 is 0 Å². The SMILES string of the molecule is O=C(CCC1CC1)c1c(CC(=O)C2CC2)sc2c1CC(Cc1nc3ccccc3o1)CC2. The molecule has 4 nitrogen and oxygen atoms in total. The fraction of sp³-hybridized carbons (Fsp3) is 0.519. The maximum absolute atomic E-state index is 13.3. The largest absolute Gasteiger partial charge is 0.441 e. The van der Waals surface area contributed by atoms with Crippen LogP contribution in [-0.4, -0.2) is 16.6 Å². The Labute approximate surface area is 192 Å². The maximum atomic E-state index is 13.3. The Morgan fingerprint density at radius 2 is 1.91 bits per heavy atom. The van der Waals surface area contributed by atoms with Crippen LogP contribution < -0.4 is 0 Å². The maximum Gasteiger partial charge on any atom is 0.195 e. The number of rotatable bonds is 9. The van der Waals surface area contributed by atoms with Crippen molar-refractivity contribution in [2.75, 3.05) is 0 Å². The van der Waals surface area contributed by atoms with Crippen LogP contribution in [-0.2, 0) is 30.5 Å². The van der Waals surface area contributed by atoms with Gasteiger partial charge in [0.1, 0.15) is 11.3 Å². The zero-order valence-electron chi connectivity index (χ0n) is 18.4. The normalized spacial score (nSPS) is 20.4. The number of oxazole rings is 1. The van der Waals surface area contributed by atoms with Crippen molar-refractivity contribution in [3.8, 4) is 0 Å². The number of ketones is 2. The van der Waals surface area contributed by atoms with Gasteiger partial charge >= 0.3 is 0 Å². The van der Waals surface area contributed by atoms with Gasteiger partial charge in [-0.3, -0.25) is 9.59 Å². The standard InChI is InChI=1S/C27H29NO3S/c29-21(11-7-16-5-6-16)27-19-13-17(14-26-28-20-3-1-2-4-23(20)31-26)8-12-24(19)32-25(27)15-22(30)18-9-10-18/h1-4,16-18H,5-15H2. The van der Waals surface area contributed by atoms with Crippen molar-refractivity contribution >= 4 is 34.0 Å². The summed E-state index contributed by atoms with van der Waals surface area (Å²) in [5.41, 5.74) is 3.90. The average molecular weight is 448 g/mol. The molecule has 3 aliphatic carbocycles. The number of hydrogen-bond acceptors (Lipinski definition) is 5. The van der Waals surface area contributed by atoms with Gasteiger partial charge in [0.25, 0.3) is 0 Å². The van der Waals surface area contributed by atoms with Gasteiger partial charge in [0.15, 0.2) is 17.3 Å². The van der Waals surface area contributed by atoms with Crippen LogP contribution in [0.3, 0.4) is 0 Å². The van der Waals surface area contributed by atoms with Gasteiger partial charge in [0, 0.05) is 40.5 Å². The van der Waals surface area contributed by atoms with E-state index in [0.29, 0.717) is 24.5 Å². The second-order valence-electron chi connectivity index (χ2n) is 10.0. The van der Waals surface area contributed by atoms with E-state index >= 15 is 0 Å². The summed E-state index contributed by atoms with van der Waals surface area (Å²) in [5, 5.41) is 0. The predicted octanol–water partition coefficient (Wildman–Crippen LogP) is 6.13. The Hall–Kier alpha value is -2.27. The lowest BCUT2D eigenvalue weighted by molar-refractivity contribution is -0.119. The molecule has 0 radical (unpaired) electrons. The third-order valence-electron chi connectivity index (χ3n) is 7.36. The second-order valence-corrected chi connectivity index (χ2v) is 11.2. The van der Waals surface area contributed by atoms with E-state index in [1.807, 2.05) is 24.3 Å². The Kier molecular flexibility index (Phi) is 5.25. The number of carbonyl (C=O) groups excluding carboxylic acids is 2. The minimum absolute atomic E-state index is 0.246. The van der Waals surface area contributed by atoms with Gasteiger partial charge in [-0.1, -0.05) is 25.0 Å². The number of carbonyl (C=O) groups is 2. The van der Waals surface area contributed by atoms with Crippen molar-refractivity contribution in [1.29, 1.82) is 0 Å². The molecule has 1 aromatic carbocycles. The number of aromatic nitrogens is 1. The van der Waals surface area contributed by atoms with Crippen LogP contribution in [0.5, 0.6) is 0 Å². The van der Waals surface area contributed by atoms with Gasteiger partial charge in [-0.2, -0.15) is 0 Å². The van der Waals surface area contributed by atoms with Gasteiger partial charge in [-0.15, -0.1) is 11.3 Å². The monoisotopic (exact) mass is 447 g/mol. The van der Waals surface area contributed by atoms with E-state index in [1.54, 1.807) is 11.3 Å². The number of thiophene rings is 1. The summed E-state index contributed by atoms with van der Waals surface area (Å²) in [6.45, 7) is 0. The highest BCUT2D eigenvalue weighted by Gasteiger charge is 2.34. The molecule has 2 heterocycles. The fourth-order valence-electron chi connectivity index (χ4n) is 5.16. The van der Waals surface area contributed by atoms with Crippen LogP contribution in [0.2, 0.25) is 0 Å². The number of para-hydroxylation sites is 2. The molecule has 1 unspecified atom stereocenters. The first-order valence-electron chi connectivity index (χ1n) is 12.2. The number of benzene rings is 1. The van der Waals surface area contributed by atoms with Crippen molar-refractivity contribution in [3.05, 3.63) is 51.0 Å². The van der Waals surface area contributed by atoms with Crippen LogP contribution in [0.4, 0.5) is 0 Å². The van der Waals surface area contributed by atoms with E-state index in [-0.39, 0.29) is 11.7 Å². The van der Waals surface area contributed by atoms with Crippen molar-refractivity contribution in [2.45, 2.75) is 70.6 Å². The second kappa shape index (κ2) is 8.26. The first-order valence-corrected chi connectivity index (χ1v) is 13.0. The van der Waals surface area contributed by atoms with E-state index in [9.17, 15) is 9.59 Å². The number of fused-ring (bicyclic) bond motifs is 2. The summed E-state index contributed by atoms with van der Waals surface area (Å²) in [5.74, 6) is 2.82. The Balaban J connectivity index is 1.24. The molecule has 0 bridgehead atoms. The quantitative estimate of drug-likeness (QED) is 0.370. The molecular formula is C27H29NO3S. The Bertz CT molecular complexity index is 1150. The van der Waals surface area contributed by atoms with E-state index in [4.69, 9.17) is 4.42 Å². The molecule has 2 fully saturated rings. The minimum Gasteiger partial charge on any atom is -0.441 e. The highest BCUT2D eigenvalue weighted by atomic mass is 32.1. The fourth-order valence-corrected chi connectivity index (χ4v) is 6.54. The molecule has 0 spiro atoms. The summed E-state index contributed by atoms with van der Waals surface area (Å²) >= 11 is 1.75. The molecule has 0 aliphatic heterocycles. The summed E-state index contributed by atoms with van der Waals surface area (Å²) < 4.78 is 5.98. The summed E-state index contributed by atoms with van der Waals surface area (Å²) in [6, 6.07) is 7.90. The summed E-state index contributed by atoms with van der Waals surface area (Å²) in [7, 11) is 0. The van der Waals surface area contributed by atoms with Crippen LogP contribution in [0.15, 0.2) is 28.7 Å². The summed E-state index contributed by atoms with van der Waals surface area (Å²) in [4.78, 5) is 33.0. The summed E-state index contributed by atoms with van der Waals surface area (Å²) in [6.07, 6.45) is 10.5. The van der Waals surface area contributed by atoms with Crippen molar-refractivity contribution in [1.82, 2.24) is 4.98 Å². The number of hydrogen-bond donors (Lipinski definition) is 0. The van der Waals surface area contributed by atoms with Crippen LogP contribution in [0.25, 0.3) is 11.1 Å². The highest BCUT2D eigenvalue weighted by molar-refractivity contribution is 7.12. The first-order chi connectivity index (χ1) is 15.6. The van der Waals surface area contributed by atoms with Gasteiger partial charge in [-0.25, -0.2) is 4.98 Å². The smallest absolute Gasteiger partial charge is 0.195 e. The van der Waals surface area contributed by atoms with E-state index in [0.717, 1.165) is 78.3 Å². The molecule has 166 valence electrons. The molecule has 0 N–H and O–H groups in total. The van der Waals surface area contributed by atoms with Gasteiger partial charge in [-0.05, 0) is 68.1 Å². The lowest BCUT2D eigenvalue weighted by atomic mass is 9.82. The van der Waals surface area contributed by atoms with Crippen molar-refractivity contribution < 1.29 is 14.0 Å². The highest BCUT2D eigenvalue weighted by Crippen LogP contribution is 2.41. The van der Waals surface area contributed by atoms with Gasteiger partial charge in [0.05, 0.1) is 0 Å². The predicted molar refractivity (Wildman–Crippen MR) is 125 cm³/mol. The van der Waals surface area contributed by atoms with Crippen LogP contribution >= 0.6 is 11.3 Å². The third-order valence-corrected chi connectivity index (χ3v) is 8.65. The molecule has 0 amide bonds. The van der Waals surface area contributed by atoms with Gasteiger partial charge < -0.3 is 4.42 Å². The van der Waals surface area contributed by atoms with Crippen molar-refractivity contribution in [2.24, 2.45) is 17.8 Å². The topological polar surface area (TPSA) is 60.2 Å². The molecule has 32 heavy (non-hydrogen) atoms. The molecule has 6 rings (SSSR count). The molecule has 5 heteroatoms. The zero-order valence-corrected chi connectivity index (χ0v) is 19.2. The number of Topliss-reactive ketones (excluding diaryl/α,β-unsaturated/α-hetero) is 2. The molecular weight excluding hydrogens is 418 g/mol. The zero-order chi connectivity index (χ0) is 21.7. The Morgan fingerprint density at radius 1 is 1.06 bits per heavy atom.